The smallest absolute Gasteiger partial charge is 0.301 e. The van der Waals surface area contributed by atoms with Crippen LogP contribution in [0.4, 0.5) is 10.1 Å². The van der Waals surface area contributed by atoms with Crippen molar-refractivity contribution in [3.8, 4) is 11.1 Å². The lowest BCUT2D eigenvalue weighted by Gasteiger charge is -2.48. The van der Waals surface area contributed by atoms with Gasteiger partial charge in [0.15, 0.2) is 0 Å². The van der Waals surface area contributed by atoms with Gasteiger partial charge in [-0.15, -0.1) is 0 Å². The Hall–Kier alpha value is -1.73. The van der Waals surface area contributed by atoms with E-state index in [0.717, 1.165) is 46.3 Å². The largest absolute Gasteiger partial charge is 0.345 e. The van der Waals surface area contributed by atoms with Gasteiger partial charge in [-0.3, -0.25) is 4.79 Å². The first-order chi connectivity index (χ1) is 15.8. The maximum atomic E-state index is 14.2. The fraction of sp³-hybridized carbons (Fsp3) is 0.261. The number of rotatable bonds is 5. The first-order valence-corrected chi connectivity index (χ1v) is 13.0. The Balaban J connectivity index is 1.37. The molecule has 2 fully saturated rings. The summed E-state index contributed by atoms with van der Waals surface area (Å²) in [6, 6.07) is 11.5. The van der Waals surface area contributed by atoms with Gasteiger partial charge in [0.25, 0.3) is 0 Å². The molecule has 0 unspecified atom stereocenters. The number of benzene rings is 2. The number of anilines is 1. The van der Waals surface area contributed by atoms with E-state index in [4.69, 9.17) is 11.6 Å². The number of fused-ring (bicyclic) bond motifs is 1. The van der Waals surface area contributed by atoms with Gasteiger partial charge in [-0.25, -0.2) is 9.67 Å². The van der Waals surface area contributed by atoms with Gasteiger partial charge in [0.2, 0.25) is 5.91 Å². The summed E-state index contributed by atoms with van der Waals surface area (Å²) in [5.41, 5.74) is 5.15. The molecular formula is C23H17ClFI2N5O. The molecule has 0 radical (unpaired) electrons. The second kappa shape index (κ2) is 7.91. The summed E-state index contributed by atoms with van der Waals surface area (Å²) >= 11 is 10.2. The van der Waals surface area contributed by atoms with Crippen molar-refractivity contribution in [2.75, 3.05) is 4.90 Å². The lowest BCUT2D eigenvalue weighted by molar-refractivity contribution is -0.131. The Bertz CT molecular complexity index is 1390. The number of aromatic nitrogens is 4. The van der Waals surface area contributed by atoms with E-state index in [1.807, 2.05) is 41.3 Å². The molecule has 1 saturated heterocycles. The van der Waals surface area contributed by atoms with Crippen molar-refractivity contribution in [2.24, 2.45) is 11.8 Å². The Morgan fingerprint density at radius 2 is 1.97 bits per heavy atom. The number of hydrogen-bond acceptors (Lipinski definition) is 3. The molecule has 0 bridgehead atoms. The number of imidazole rings is 1. The van der Waals surface area contributed by atoms with Crippen LogP contribution in [0.2, 0.25) is 5.02 Å². The number of amides is 1. The lowest BCUT2D eigenvalue weighted by Crippen LogP contribution is -2.56. The average molecular weight is 688 g/mol. The zero-order chi connectivity index (χ0) is 22.9. The van der Waals surface area contributed by atoms with Crippen LogP contribution in [0.1, 0.15) is 24.4 Å². The predicted octanol–water partition coefficient (Wildman–Crippen LogP) is 6.60. The third-order valence-electron chi connectivity index (χ3n) is 6.45. The molecule has 1 aliphatic heterocycles. The van der Waals surface area contributed by atoms with Crippen molar-refractivity contribution in [3.63, 3.8) is 0 Å². The number of nitrogens with zero attached hydrogens (tertiary/aromatic N) is 4. The number of β-lactam (4-membered cyclic amide) rings is 1. The minimum Gasteiger partial charge on any atom is -0.345 e. The first kappa shape index (κ1) is 21.8. The van der Waals surface area contributed by atoms with Crippen LogP contribution in [0.15, 0.2) is 55.1 Å². The molecule has 6 nitrogen and oxygen atoms in total. The van der Waals surface area contributed by atoms with Crippen LogP contribution >= 0.6 is 56.8 Å². The molecule has 33 heavy (non-hydrogen) atoms. The maximum absolute atomic E-state index is 14.2. The lowest BCUT2D eigenvalue weighted by atomic mass is 9.78. The summed E-state index contributed by atoms with van der Waals surface area (Å²) in [6.07, 6.45) is 7.09. The fourth-order valence-electron chi connectivity index (χ4n) is 4.68. The Morgan fingerprint density at radius 1 is 1.15 bits per heavy atom. The molecule has 168 valence electrons. The van der Waals surface area contributed by atoms with Crippen LogP contribution in [-0.4, -0.2) is 25.7 Å². The average Bonchev–Trinajstić information content (AvgIpc) is 3.25. The molecule has 0 spiro atoms. The van der Waals surface area contributed by atoms with E-state index < -0.39 is 1.81 Å². The molecule has 1 amide bonds. The standard InChI is InChI=1S/C23H17ClFI2N5O/c24-17-7-13(14-9-30-31(10-14)23(25,26)27)3-5-16(17)21-20(12-1-2-12)22(33)32(21)15-4-6-18-19(8-15)29-11-28-18/h3-12,20-21H,1-2H2,(H,28,29)/t20-,21+/m1/s1. The quantitative estimate of drug-likeness (QED) is 0.146. The number of alkyl halides is 3. The SMILES string of the molecule is O=C1[C@H](C2CC2)[C@H](c2ccc(-c3cnn(C(F)(I)I)c3)cc2Cl)N1c1ccc2nc[nH]c2c1. The van der Waals surface area contributed by atoms with Crippen LogP contribution < -0.4 is 4.90 Å². The molecule has 1 aliphatic carbocycles. The highest BCUT2D eigenvalue weighted by atomic mass is 127. The van der Waals surface area contributed by atoms with Crippen molar-refractivity contribution in [3.05, 3.63) is 65.7 Å². The second-order valence-corrected chi connectivity index (χ2v) is 13.8. The van der Waals surface area contributed by atoms with E-state index in [1.54, 1.807) is 63.9 Å². The highest BCUT2D eigenvalue weighted by molar-refractivity contribution is 14.2. The molecule has 1 N–H and O–H groups in total. The summed E-state index contributed by atoms with van der Waals surface area (Å²) in [7, 11) is 0. The summed E-state index contributed by atoms with van der Waals surface area (Å²) in [5, 5.41) is 4.72. The monoisotopic (exact) mass is 687 g/mol. The number of halogens is 4. The summed E-state index contributed by atoms with van der Waals surface area (Å²) in [4.78, 5) is 22.4. The van der Waals surface area contributed by atoms with Crippen LogP contribution in [-0.2, 0) is 6.60 Å². The topological polar surface area (TPSA) is 66.8 Å². The molecule has 2 atom stereocenters. The highest BCUT2D eigenvalue weighted by Gasteiger charge is 2.55. The number of carbonyl (C=O) groups is 1. The van der Waals surface area contributed by atoms with E-state index in [2.05, 4.69) is 15.1 Å². The molecule has 4 aromatic rings. The van der Waals surface area contributed by atoms with Gasteiger partial charge in [0.05, 0.1) is 35.5 Å². The van der Waals surface area contributed by atoms with Gasteiger partial charge in [0.1, 0.15) is 0 Å². The van der Waals surface area contributed by atoms with Crippen molar-refractivity contribution in [1.29, 1.82) is 0 Å². The normalized spacial score (nSPS) is 21.0. The summed E-state index contributed by atoms with van der Waals surface area (Å²) < 4.78 is 13.8. The van der Waals surface area contributed by atoms with Gasteiger partial charge in [0, 0.05) is 22.5 Å². The minimum absolute atomic E-state index is 0.0567. The van der Waals surface area contributed by atoms with Crippen molar-refractivity contribution >= 4 is 79.4 Å². The Labute approximate surface area is 221 Å². The maximum Gasteiger partial charge on any atom is 0.301 e. The fourth-order valence-corrected chi connectivity index (χ4v) is 5.50. The molecule has 2 aliphatic rings. The molecule has 1 saturated carbocycles. The van der Waals surface area contributed by atoms with E-state index in [-0.39, 0.29) is 17.9 Å². The van der Waals surface area contributed by atoms with Gasteiger partial charge < -0.3 is 9.88 Å². The van der Waals surface area contributed by atoms with Crippen LogP contribution in [0.3, 0.4) is 0 Å². The van der Waals surface area contributed by atoms with Crippen LogP contribution in [0.25, 0.3) is 22.2 Å². The predicted molar refractivity (Wildman–Crippen MR) is 142 cm³/mol. The number of H-pyrrole nitrogens is 1. The first-order valence-electron chi connectivity index (χ1n) is 10.5. The number of carbonyl (C=O) groups excluding carboxylic acids is 1. The van der Waals surface area contributed by atoms with E-state index in [1.165, 1.54) is 4.68 Å². The number of hydrogen-bond donors (Lipinski definition) is 1. The third-order valence-corrected chi connectivity index (χ3v) is 7.76. The summed E-state index contributed by atoms with van der Waals surface area (Å²) in [6.45, 7) is 0. The molecule has 6 rings (SSSR count). The van der Waals surface area contributed by atoms with E-state index in [0.29, 0.717) is 10.9 Å². The van der Waals surface area contributed by atoms with Crippen molar-refractivity contribution < 1.29 is 9.18 Å². The highest BCUT2D eigenvalue weighted by Crippen LogP contribution is 2.55. The second-order valence-electron chi connectivity index (χ2n) is 8.50. The molecule has 10 heteroatoms. The Kier molecular flexibility index (Phi) is 5.22. The van der Waals surface area contributed by atoms with Crippen LogP contribution in [0.5, 0.6) is 0 Å². The number of nitrogens with one attached hydrogen (secondary N) is 1. The third kappa shape index (κ3) is 3.75. The van der Waals surface area contributed by atoms with Crippen LogP contribution in [0, 0.1) is 11.8 Å². The van der Waals surface area contributed by atoms with Gasteiger partial charge >= 0.3 is 1.81 Å². The van der Waals surface area contributed by atoms with Gasteiger partial charge in [-0.2, -0.15) is 9.49 Å². The van der Waals surface area contributed by atoms with Gasteiger partial charge in [-0.1, -0.05) is 23.7 Å². The van der Waals surface area contributed by atoms with Gasteiger partial charge in [-0.05, 0) is 99.3 Å². The molecule has 2 aromatic heterocycles. The number of aromatic amines is 1. The van der Waals surface area contributed by atoms with E-state index >= 15 is 0 Å². The zero-order valence-corrected chi connectivity index (χ0v) is 22.1. The zero-order valence-electron chi connectivity index (χ0n) is 17.1. The van der Waals surface area contributed by atoms with Crippen molar-refractivity contribution in [1.82, 2.24) is 19.7 Å². The molecular weight excluding hydrogens is 671 g/mol. The van der Waals surface area contributed by atoms with E-state index in [9.17, 15) is 9.18 Å². The minimum atomic E-state index is -1.64. The van der Waals surface area contributed by atoms with Crippen molar-refractivity contribution in [2.45, 2.75) is 20.7 Å². The molecule has 2 aromatic carbocycles. The summed E-state index contributed by atoms with van der Waals surface area (Å²) in [5.74, 6) is 0.499. The Morgan fingerprint density at radius 3 is 2.67 bits per heavy atom. The molecule has 3 heterocycles.